The number of halogens is 1. The van der Waals surface area contributed by atoms with Crippen LogP contribution in [-0.2, 0) is 26.2 Å². The van der Waals surface area contributed by atoms with E-state index in [1.54, 1.807) is 75.6 Å². The number of nitrogens with zero attached hydrogens (tertiary/aromatic N) is 2. The fourth-order valence-electron chi connectivity index (χ4n) is 4.09. The molecule has 0 heterocycles. The second-order valence-electron chi connectivity index (χ2n) is 9.47. The van der Waals surface area contributed by atoms with E-state index < -0.39 is 28.5 Å². The highest BCUT2D eigenvalue weighted by atomic mass is 35.5. The van der Waals surface area contributed by atoms with Crippen LogP contribution in [0.2, 0.25) is 5.02 Å². The van der Waals surface area contributed by atoms with Crippen LogP contribution in [0.25, 0.3) is 0 Å². The van der Waals surface area contributed by atoms with Crippen LogP contribution in [-0.4, -0.2) is 50.9 Å². The van der Waals surface area contributed by atoms with Crippen LogP contribution in [0.4, 0.5) is 5.69 Å². The number of anilines is 1. The van der Waals surface area contributed by atoms with Crippen molar-refractivity contribution in [2.45, 2.75) is 51.2 Å². The van der Waals surface area contributed by atoms with Crippen LogP contribution in [0.1, 0.15) is 31.9 Å². The first-order valence-electron chi connectivity index (χ1n) is 12.5. The molecular weight excluding hydrogens is 538 g/mol. The summed E-state index contributed by atoms with van der Waals surface area (Å²) in [4.78, 5) is 28.4. The number of carbonyl (C=O) groups is 2. The van der Waals surface area contributed by atoms with E-state index in [1.165, 1.54) is 17.0 Å². The molecular formula is C29H34ClN3O5S. The number of amides is 2. The second-order valence-corrected chi connectivity index (χ2v) is 11.8. The Labute approximate surface area is 235 Å². The Hall–Kier alpha value is -3.56. The van der Waals surface area contributed by atoms with Gasteiger partial charge in [-0.3, -0.25) is 13.9 Å². The van der Waals surface area contributed by atoms with Crippen LogP contribution in [0.3, 0.4) is 0 Å². The second kappa shape index (κ2) is 13.0. The Bertz CT molecular complexity index is 1410. The van der Waals surface area contributed by atoms with E-state index in [-0.39, 0.29) is 23.4 Å². The fraction of sp³-hybridized carbons (Fsp3) is 0.310. The average Bonchev–Trinajstić information content (AvgIpc) is 2.90. The molecule has 3 rings (SSSR count). The lowest BCUT2D eigenvalue weighted by Gasteiger charge is -2.32. The Morgan fingerprint density at radius 1 is 0.974 bits per heavy atom. The predicted octanol–water partition coefficient (Wildman–Crippen LogP) is 4.79. The summed E-state index contributed by atoms with van der Waals surface area (Å²) in [5.74, 6) is -0.288. The third kappa shape index (κ3) is 7.52. The number of sulfonamides is 1. The molecule has 0 aromatic heterocycles. The lowest BCUT2D eigenvalue weighted by Crippen LogP contribution is -2.52. The van der Waals surface area contributed by atoms with Gasteiger partial charge in [0.25, 0.3) is 10.0 Å². The summed E-state index contributed by atoms with van der Waals surface area (Å²) in [7, 11) is -2.60. The molecule has 0 spiro atoms. The number of ether oxygens (including phenoxy) is 1. The van der Waals surface area contributed by atoms with Gasteiger partial charge in [0.1, 0.15) is 18.3 Å². The first-order valence-corrected chi connectivity index (χ1v) is 14.3. The summed E-state index contributed by atoms with van der Waals surface area (Å²) in [6.45, 7) is 6.56. The number of rotatable bonds is 11. The zero-order valence-electron chi connectivity index (χ0n) is 22.7. The molecule has 2 amide bonds. The lowest BCUT2D eigenvalue weighted by atomic mass is 10.1. The van der Waals surface area contributed by atoms with Crippen LogP contribution < -0.4 is 14.4 Å². The number of methoxy groups -OCH3 is 1. The zero-order chi connectivity index (χ0) is 28.7. The highest BCUT2D eigenvalue weighted by molar-refractivity contribution is 7.92. The van der Waals surface area contributed by atoms with Gasteiger partial charge in [-0.05, 0) is 81.3 Å². The molecule has 3 aromatic carbocycles. The number of hydrogen-bond acceptors (Lipinski definition) is 5. The van der Waals surface area contributed by atoms with Crippen molar-refractivity contribution in [2.75, 3.05) is 18.0 Å². The summed E-state index contributed by atoms with van der Waals surface area (Å²) in [5.41, 5.74) is 1.63. The normalized spacial score (nSPS) is 12.1. The molecule has 208 valence electrons. The predicted molar refractivity (Wildman–Crippen MR) is 153 cm³/mol. The molecule has 0 radical (unpaired) electrons. The third-order valence-corrected chi connectivity index (χ3v) is 8.13. The molecule has 0 saturated carbocycles. The van der Waals surface area contributed by atoms with Gasteiger partial charge < -0.3 is 15.0 Å². The summed E-state index contributed by atoms with van der Waals surface area (Å²) < 4.78 is 34.1. The van der Waals surface area contributed by atoms with Gasteiger partial charge in [-0.15, -0.1) is 0 Å². The molecule has 1 N–H and O–H groups in total. The van der Waals surface area contributed by atoms with Crippen LogP contribution in [0.5, 0.6) is 5.75 Å². The molecule has 0 saturated heterocycles. The minimum absolute atomic E-state index is 0.0390. The number of benzene rings is 3. The summed E-state index contributed by atoms with van der Waals surface area (Å²) in [5, 5.41) is 3.28. The van der Waals surface area contributed by atoms with Gasteiger partial charge in [-0.1, -0.05) is 41.9 Å². The topological polar surface area (TPSA) is 96.0 Å². The van der Waals surface area contributed by atoms with Crippen LogP contribution in [0, 0.1) is 6.92 Å². The third-order valence-electron chi connectivity index (χ3n) is 6.12. The van der Waals surface area contributed by atoms with E-state index in [9.17, 15) is 18.0 Å². The maximum absolute atomic E-state index is 14.0. The van der Waals surface area contributed by atoms with Crippen molar-refractivity contribution in [3.05, 3.63) is 88.9 Å². The Morgan fingerprint density at radius 3 is 2.28 bits per heavy atom. The summed E-state index contributed by atoms with van der Waals surface area (Å²) in [6.07, 6.45) is 0. The molecule has 10 heteroatoms. The molecule has 1 atom stereocenters. The molecule has 0 aliphatic heterocycles. The standard InChI is InChI=1S/C29H34ClN3O5S/c1-20(2)31-29(35)22(4)32(18-23-10-9-11-25(17-23)38-5)28(34)19-33(27-15-14-24(30)16-21(27)3)39(36,37)26-12-7-6-8-13-26/h6-17,20,22H,18-19H2,1-5H3,(H,31,35). The van der Waals surface area contributed by atoms with E-state index in [4.69, 9.17) is 16.3 Å². The minimum atomic E-state index is -4.14. The van der Waals surface area contributed by atoms with E-state index in [2.05, 4.69) is 5.32 Å². The Morgan fingerprint density at radius 2 is 1.67 bits per heavy atom. The Kier molecular flexibility index (Phi) is 9.99. The van der Waals surface area contributed by atoms with Crippen LogP contribution in [0.15, 0.2) is 77.7 Å². The van der Waals surface area contributed by atoms with Crippen molar-refractivity contribution < 1.29 is 22.7 Å². The van der Waals surface area contributed by atoms with Gasteiger partial charge in [0, 0.05) is 17.6 Å². The smallest absolute Gasteiger partial charge is 0.264 e. The van der Waals surface area contributed by atoms with Crippen molar-refractivity contribution in [1.82, 2.24) is 10.2 Å². The molecule has 0 bridgehead atoms. The highest BCUT2D eigenvalue weighted by Crippen LogP contribution is 2.29. The SMILES string of the molecule is COc1cccc(CN(C(=O)CN(c2ccc(Cl)cc2C)S(=O)(=O)c2ccccc2)C(C)C(=O)NC(C)C)c1. The first-order chi connectivity index (χ1) is 18.4. The van der Waals surface area contributed by atoms with Gasteiger partial charge in [-0.2, -0.15) is 0 Å². The first kappa shape index (κ1) is 30.0. The van der Waals surface area contributed by atoms with E-state index in [0.29, 0.717) is 22.0 Å². The molecule has 0 fully saturated rings. The Balaban J connectivity index is 2.06. The summed E-state index contributed by atoms with van der Waals surface area (Å²) >= 11 is 6.14. The zero-order valence-corrected chi connectivity index (χ0v) is 24.3. The monoisotopic (exact) mass is 571 g/mol. The van der Waals surface area contributed by atoms with E-state index >= 15 is 0 Å². The van der Waals surface area contributed by atoms with Gasteiger partial charge >= 0.3 is 0 Å². The molecule has 8 nitrogen and oxygen atoms in total. The quantitative estimate of drug-likeness (QED) is 0.357. The molecule has 1 unspecified atom stereocenters. The van der Waals surface area contributed by atoms with Gasteiger partial charge in [-0.25, -0.2) is 8.42 Å². The largest absolute Gasteiger partial charge is 0.497 e. The number of hydrogen-bond donors (Lipinski definition) is 1. The number of carbonyl (C=O) groups excluding carboxylic acids is 2. The maximum atomic E-state index is 14.0. The average molecular weight is 572 g/mol. The summed E-state index contributed by atoms with van der Waals surface area (Å²) in [6, 6.07) is 18.8. The van der Waals surface area contributed by atoms with Gasteiger partial charge in [0.15, 0.2) is 0 Å². The fourth-order valence-corrected chi connectivity index (χ4v) is 5.81. The maximum Gasteiger partial charge on any atom is 0.264 e. The van der Waals surface area contributed by atoms with Gasteiger partial charge in [0.05, 0.1) is 17.7 Å². The van der Waals surface area contributed by atoms with Crippen molar-refractivity contribution in [3.8, 4) is 5.75 Å². The molecule has 39 heavy (non-hydrogen) atoms. The number of aryl methyl sites for hydroxylation is 1. The van der Waals surface area contributed by atoms with Gasteiger partial charge in [0.2, 0.25) is 11.8 Å². The van der Waals surface area contributed by atoms with Crippen molar-refractivity contribution in [2.24, 2.45) is 0 Å². The van der Waals surface area contributed by atoms with Crippen molar-refractivity contribution in [3.63, 3.8) is 0 Å². The molecule has 3 aromatic rings. The van der Waals surface area contributed by atoms with Crippen molar-refractivity contribution >= 4 is 39.1 Å². The minimum Gasteiger partial charge on any atom is -0.497 e. The number of nitrogens with one attached hydrogen (secondary N) is 1. The van der Waals surface area contributed by atoms with E-state index in [1.807, 2.05) is 19.9 Å². The van der Waals surface area contributed by atoms with E-state index in [0.717, 1.165) is 9.87 Å². The lowest BCUT2D eigenvalue weighted by molar-refractivity contribution is -0.139. The van der Waals surface area contributed by atoms with Crippen LogP contribution >= 0.6 is 11.6 Å². The molecule has 0 aliphatic carbocycles. The van der Waals surface area contributed by atoms with Crippen molar-refractivity contribution in [1.29, 1.82) is 0 Å². The highest BCUT2D eigenvalue weighted by Gasteiger charge is 2.33. The molecule has 0 aliphatic rings.